The fourth-order valence-corrected chi connectivity index (χ4v) is 2.51. The summed E-state index contributed by atoms with van der Waals surface area (Å²) in [6, 6.07) is 13.9. The van der Waals surface area contributed by atoms with Crippen LogP contribution in [0.4, 0.5) is 0 Å². The molecule has 0 spiro atoms. The zero-order chi connectivity index (χ0) is 16.2. The van der Waals surface area contributed by atoms with Crippen molar-refractivity contribution in [1.82, 2.24) is 5.43 Å². The first-order chi connectivity index (χ1) is 11.2. The van der Waals surface area contributed by atoms with Crippen LogP contribution in [0.15, 0.2) is 73.6 Å². The number of hydrogen-bond donors (Lipinski definition) is 1. The number of halogens is 1. The fraction of sp³-hybridized carbons (Fsp3) is 0. The third-order valence-electron chi connectivity index (χ3n) is 3.19. The van der Waals surface area contributed by atoms with Crippen LogP contribution in [0.25, 0.3) is 11.0 Å². The highest BCUT2D eigenvalue weighted by Gasteiger charge is 2.08. The van der Waals surface area contributed by atoms with E-state index in [1.165, 1.54) is 12.5 Å². The smallest absolute Gasteiger partial charge is 0.272 e. The normalized spacial score (nSPS) is 11.0. The lowest BCUT2D eigenvalue weighted by Gasteiger charge is -2.02. The highest BCUT2D eigenvalue weighted by molar-refractivity contribution is 9.10. The lowest BCUT2D eigenvalue weighted by atomic mass is 10.2. The number of nitrogens with one attached hydrogen (secondary N) is 1. The molecule has 0 fully saturated rings. The molecular formula is C17H11BrN2O3. The predicted molar refractivity (Wildman–Crippen MR) is 91.7 cm³/mol. The molecule has 0 aliphatic carbocycles. The number of nitrogens with zero attached hydrogens (tertiary/aromatic N) is 1. The molecule has 1 aromatic heterocycles. The second-order valence-corrected chi connectivity index (χ2v) is 5.55. The fourth-order valence-electron chi connectivity index (χ4n) is 2.05. The minimum absolute atomic E-state index is 0.203. The molecule has 0 unspecified atom stereocenters. The SMILES string of the molecule is O=C(NN=Cc1coc2ccccc2c1=O)c1ccccc1Br. The van der Waals surface area contributed by atoms with Gasteiger partial charge in [0, 0.05) is 4.47 Å². The molecule has 1 heterocycles. The van der Waals surface area contributed by atoms with Crippen LogP contribution in [0.1, 0.15) is 15.9 Å². The lowest BCUT2D eigenvalue weighted by molar-refractivity contribution is 0.0954. The summed E-state index contributed by atoms with van der Waals surface area (Å²) in [4.78, 5) is 24.3. The van der Waals surface area contributed by atoms with E-state index >= 15 is 0 Å². The number of hydrogen-bond acceptors (Lipinski definition) is 4. The number of carbonyl (C=O) groups excluding carboxylic acids is 1. The Morgan fingerprint density at radius 2 is 1.87 bits per heavy atom. The molecule has 0 radical (unpaired) electrons. The maximum absolute atomic E-state index is 12.3. The van der Waals surface area contributed by atoms with Gasteiger partial charge < -0.3 is 4.42 Å². The van der Waals surface area contributed by atoms with E-state index in [-0.39, 0.29) is 16.9 Å². The zero-order valence-corrected chi connectivity index (χ0v) is 13.4. The van der Waals surface area contributed by atoms with Gasteiger partial charge >= 0.3 is 0 Å². The van der Waals surface area contributed by atoms with Crippen LogP contribution in [-0.4, -0.2) is 12.1 Å². The van der Waals surface area contributed by atoms with E-state index in [1.807, 2.05) is 6.07 Å². The molecule has 0 saturated heterocycles. The van der Waals surface area contributed by atoms with E-state index in [2.05, 4.69) is 26.5 Å². The first-order valence-electron chi connectivity index (χ1n) is 6.75. The minimum atomic E-state index is -0.376. The van der Waals surface area contributed by atoms with E-state index in [0.717, 1.165) is 0 Å². The van der Waals surface area contributed by atoms with E-state index < -0.39 is 0 Å². The molecule has 3 aromatic rings. The number of hydrazone groups is 1. The lowest BCUT2D eigenvalue weighted by Crippen LogP contribution is -2.19. The van der Waals surface area contributed by atoms with Crippen molar-refractivity contribution >= 4 is 39.0 Å². The Labute approximate surface area is 139 Å². The summed E-state index contributed by atoms with van der Waals surface area (Å²) < 4.78 is 6.04. The molecule has 114 valence electrons. The van der Waals surface area contributed by atoms with E-state index in [0.29, 0.717) is 21.0 Å². The zero-order valence-electron chi connectivity index (χ0n) is 11.8. The molecule has 6 heteroatoms. The van der Waals surface area contributed by atoms with Crippen LogP contribution < -0.4 is 10.9 Å². The molecule has 3 rings (SSSR count). The maximum Gasteiger partial charge on any atom is 0.272 e. The van der Waals surface area contributed by atoms with Gasteiger partial charge in [-0.05, 0) is 40.2 Å². The monoisotopic (exact) mass is 370 g/mol. The molecule has 0 atom stereocenters. The number of rotatable bonds is 3. The highest BCUT2D eigenvalue weighted by Crippen LogP contribution is 2.15. The Morgan fingerprint density at radius 3 is 2.70 bits per heavy atom. The Balaban J connectivity index is 1.81. The Kier molecular flexibility index (Phi) is 4.34. The summed E-state index contributed by atoms with van der Waals surface area (Å²) in [5.74, 6) is -0.376. The third kappa shape index (κ3) is 3.22. The number of para-hydroxylation sites is 1. The number of fused-ring (bicyclic) bond motifs is 1. The Morgan fingerprint density at radius 1 is 1.13 bits per heavy atom. The first-order valence-corrected chi connectivity index (χ1v) is 7.54. The van der Waals surface area contributed by atoms with Gasteiger partial charge in [0.05, 0.1) is 22.7 Å². The van der Waals surface area contributed by atoms with Crippen LogP contribution >= 0.6 is 15.9 Å². The minimum Gasteiger partial charge on any atom is -0.463 e. The Bertz CT molecular complexity index is 963. The van der Waals surface area contributed by atoms with Crippen LogP contribution in [0.2, 0.25) is 0 Å². The number of carbonyl (C=O) groups is 1. The second kappa shape index (κ2) is 6.58. The molecule has 1 amide bonds. The van der Waals surface area contributed by atoms with Gasteiger partial charge in [-0.25, -0.2) is 5.43 Å². The first kappa shape index (κ1) is 15.2. The van der Waals surface area contributed by atoms with E-state index in [4.69, 9.17) is 4.42 Å². The molecule has 23 heavy (non-hydrogen) atoms. The summed E-state index contributed by atoms with van der Waals surface area (Å²) in [5, 5.41) is 4.29. The van der Waals surface area contributed by atoms with E-state index in [1.54, 1.807) is 42.5 Å². The van der Waals surface area contributed by atoms with Gasteiger partial charge in [0.2, 0.25) is 5.43 Å². The summed E-state index contributed by atoms with van der Waals surface area (Å²) in [7, 11) is 0. The van der Waals surface area contributed by atoms with Gasteiger partial charge in [0.25, 0.3) is 5.91 Å². The molecular weight excluding hydrogens is 360 g/mol. The van der Waals surface area contributed by atoms with Gasteiger partial charge in [-0.15, -0.1) is 0 Å². The van der Waals surface area contributed by atoms with Crippen molar-refractivity contribution in [2.45, 2.75) is 0 Å². The van der Waals surface area contributed by atoms with Crippen LogP contribution in [0.5, 0.6) is 0 Å². The van der Waals surface area contributed by atoms with Crippen molar-refractivity contribution in [2.24, 2.45) is 5.10 Å². The van der Waals surface area contributed by atoms with Crippen LogP contribution in [0, 0.1) is 0 Å². The standard InChI is InChI=1S/C17H11BrN2O3/c18-14-7-3-1-5-12(14)17(22)20-19-9-11-10-23-15-8-4-2-6-13(15)16(11)21/h1-10H,(H,20,22). The number of amides is 1. The molecule has 5 nitrogen and oxygen atoms in total. The van der Waals surface area contributed by atoms with Crippen LogP contribution in [-0.2, 0) is 0 Å². The quantitative estimate of drug-likeness (QED) is 0.567. The average Bonchev–Trinajstić information content (AvgIpc) is 2.57. The van der Waals surface area contributed by atoms with Crippen molar-refractivity contribution in [2.75, 3.05) is 0 Å². The predicted octanol–water partition coefficient (Wildman–Crippen LogP) is 3.32. The summed E-state index contributed by atoms with van der Waals surface area (Å²) in [6.07, 6.45) is 2.59. The topological polar surface area (TPSA) is 71.7 Å². The molecule has 2 aromatic carbocycles. The van der Waals surface area contributed by atoms with Gasteiger partial charge in [0.1, 0.15) is 11.8 Å². The van der Waals surface area contributed by atoms with Gasteiger partial charge in [-0.2, -0.15) is 5.10 Å². The molecule has 0 saturated carbocycles. The summed E-state index contributed by atoms with van der Waals surface area (Å²) >= 11 is 3.29. The van der Waals surface area contributed by atoms with Crippen molar-refractivity contribution in [3.8, 4) is 0 Å². The van der Waals surface area contributed by atoms with Crippen LogP contribution in [0.3, 0.4) is 0 Å². The summed E-state index contributed by atoms with van der Waals surface area (Å²) in [6.45, 7) is 0. The maximum atomic E-state index is 12.3. The van der Waals surface area contributed by atoms with Gasteiger partial charge in [-0.3, -0.25) is 9.59 Å². The molecule has 0 aliphatic rings. The van der Waals surface area contributed by atoms with Crippen molar-refractivity contribution in [3.63, 3.8) is 0 Å². The molecule has 1 N–H and O–H groups in total. The van der Waals surface area contributed by atoms with Gasteiger partial charge in [0.15, 0.2) is 0 Å². The van der Waals surface area contributed by atoms with Crippen molar-refractivity contribution in [3.05, 3.63) is 80.6 Å². The second-order valence-electron chi connectivity index (χ2n) is 4.70. The highest BCUT2D eigenvalue weighted by atomic mass is 79.9. The van der Waals surface area contributed by atoms with Gasteiger partial charge in [-0.1, -0.05) is 24.3 Å². The number of benzene rings is 2. The van der Waals surface area contributed by atoms with Crippen molar-refractivity contribution in [1.29, 1.82) is 0 Å². The Hall–Kier alpha value is -2.73. The average molecular weight is 371 g/mol. The van der Waals surface area contributed by atoms with Crippen molar-refractivity contribution < 1.29 is 9.21 Å². The third-order valence-corrected chi connectivity index (χ3v) is 3.89. The molecule has 0 bridgehead atoms. The summed E-state index contributed by atoms with van der Waals surface area (Å²) in [5.41, 5.74) is 3.40. The largest absolute Gasteiger partial charge is 0.463 e. The molecule has 0 aliphatic heterocycles. The van der Waals surface area contributed by atoms with E-state index in [9.17, 15) is 9.59 Å².